The molecule has 0 saturated carbocycles. The van der Waals surface area contributed by atoms with Crippen molar-refractivity contribution in [3.63, 3.8) is 0 Å². The average molecular weight is 566 g/mol. The Kier molecular flexibility index (Phi) is 6.92. The molecule has 148 valence electrons. The second kappa shape index (κ2) is 9.41. The van der Waals surface area contributed by atoms with Gasteiger partial charge in [0.2, 0.25) is 0 Å². The molecule has 0 spiro atoms. The molecule has 0 N–H and O–H groups in total. The first-order valence-corrected chi connectivity index (χ1v) is 10.6. The number of aromatic nitrogens is 2. The van der Waals surface area contributed by atoms with E-state index in [4.69, 9.17) is 15.9 Å². The fourth-order valence-electron chi connectivity index (χ4n) is 2.70. The molecule has 0 atom stereocenters. The molecule has 1 heterocycles. The topological polar surface area (TPSA) is 65.7 Å². The number of halogens is 2. The number of rotatable bonds is 6. The summed E-state index contributed by atoms with van der Waals surface area (Å²) < 4.78 is 14.2. The van der Waals surface area contributed by atoms with Crippen molar-refractivity contribution in [2.45, 2.75) is 13.8 Å². The summed E-state index contributed by atoms with van der Waals surface area (Å²) in [6.45, 7) is 4.26. The lowest BCUT2D eigenvalue weighted by molar-refractivity contribution is 0.298. The third kappa shape index (κ3) is 4.79. The van der Waals surface area contributed by atoms with Gasteiger partial charge in [-0.1, -0.05) is 21.9 Å². The van der Waals surface area contributed by atoms with Crippen LogP contribution < -0.4 is 15.0 Å². The second-order valence-corrected chi connectivity index (χ2v) is 8.02. The Hall–Kier alpha value is -2.38. The maximum Gasteiger partial charge on any atom is 0.282 e. The molecular formula is C21H17BrIN3O3. The Bertz CT molecular complexity index is 1200. The standard InChI is InChI=1S/C21H17BrIN3O3/c1-4-8-29-20-17(23)9-14(10-19(20)28-5-2)12-24-26-13(3)25-18-7-6-15(22)11-16(18)21(26)27/h1,6-7,9-12H,5,8H2,2-3H3. The zero-order valence-corrected chi connectivity index (χ0v) is 19.5. The summed E-state index contributed by atoms with van der Waals surface area (Å²) in [5, 5.41) is 4.85. The molecule has 0 aliphatic rings. The highest BCUT2D eigenvalue weighted by Gasteiger charge is 2.12. The van der Waals surface area contributed by atoms with E-state index in [9.17, 15) is 4.79 Å². The van der Waals surface area contributed by atoms with Crippen molar-refractivity contribution in [1.82, 2.24) is 9.66 Å². The lowest BCUT2D eigenvalue weighted by atomic mass is 10.2. The number of ether oxygens (including phenoxy) is 2. The number of fused-ring (bicyclic) bond motifs is 1. The summed E-state index contributed by atoms with van der Waals surface area (Å²) in [6, 6.07) is 9.07. The van der Waals surface area contributed by atoms with Crippen LogP contribution in [-0.2, 0) is 0 Å². The number of hydrogen-bond acceptors (Lipinski definition) is 5. The summed E-state index contributed by atoms with van der Waals surface area (Å²) in [5.41, 5.74) is 1.15. The third-order valence-corrected chi connectivity index (χ3v) is 5.22. The molecule has 8 heteroatoms. The van der Waals surface area contributed by atoms with Crippen LogP contribution in [0.25, 0.3) is 10.9 Å². The van der Waals surface area contributed by atoms with Crippen molar-refractivity contribution < 1.29 is 9.47 Å². The largest absolute Gasteiger partial charge is 0.490 e. The van der Waals surface area contributed by atoms with E-state index in [1.807, 2.05) is 19.1 Å². The van der Waals surface area contributed by atoms with E-state index in [0.29, 0.717) is 34.8 Å². The van der Waals surface area contributed by atoms with Gasteiger partial charge in [0.1, 0.15) is 12.4 Å². The Morgan fingerprint density at radius 3 is 2.86 bits per heavy atom. The Morgan fingerprint density at radius 1 is 1.34 bits per heavy atom. The lowest BCUT2D eigenvalue weighted by Gasteiger charge is -2.13. The van der Waals surface area contributed by atoms with Crippen molar-refractivity contribution in [1.29, 1.82) is 0 Å². The van der Waals surface area contributed by atoms with Crippen LogP contribution in [0.3, 0.4) is 0 Å². The SMILES string of the molecule is C#CCOc1c(I)cc(C=Nn2c(C)nc3ccc(Br)cc3c2=O)cc1OCC. The Balaban J connectivity index is 2.04. The van der Waals surface area contributed by atoms with Crippen LogP contribution in [0.5, 0.6) is 11.5 Å². The maximum absolute atomic E-state index is 12.9. The first kappa shape index (κ1) is 21.3. The quantitative estimate of drug-likeness (QED) is 0.253. The predicted octanol–water partition coefficient (Wildman–Crippen LogP) is 4.36. The van der Waals surface area contributed by atoms with Gasteiger partial charge in [-0.2, -0.15) is 9.78 Å². The molecule has 0 amide bonds. The molecule has 3 rings (SSSR count). The van der Waals surface area contributed by atoms with Crippen molar-refractivity contribution in [3.8, 4) is 23.8 Å². The fraction of sp³-hybridized carbons (Fsp3) is 0.190. The van der Waals surface area contributed by atoms with Gasteiger partial charge in [0.15, 0.2) is 11.5 Å². The van der Waals surface area contributed by atoms with Crippen LogP contribution in [0.2, 0.25) is 0 Å². The fourth-order valence-corrected chi connectivity index (χ4v) is 3.84. The number of terminal acetylenes is 1. The van der Waals surface area contributed by atoms with Gasteiger partial charge in [-0.15, -0.1) is 6.42 Å². The molecule has 0 bridgehead atoms. The molecule has 29 heavy (non-hydrogen) atoms. The summed E-state index contributed by atoms with van der Waals surface area (Å²) in [7, 11) is 0. The van der Waals surface area contributed by atoms with E-state index >= 15 is 0 Å². The zero-order valence-electron chi connectivity index (χ0n) is 15.8. The van der Waals surface area contributed by atoms with E-state index in [2.05, 4.69) is 54.5 Å². The van der Waals surface area contributed by atoms with Gasteiger partial charge in [-0.25, -0.2) is 4.98 Å². The van der Waals surface area contributed by atoms with Gasteiger partial charge in [-0.3, -0.25) is 4.79 Å². The molecule has 2 aromatic carbocycles. The molecule has 3 aromatic rings. The van der Waals surface area contributed by atoms with Gasteiger partial charge in [0.05, 0.1) is 27.3 Å². The highest BCUT2D eigenvalue weighted by molar-refractivity contribution is 14.1. The van der Waals surface area contributed by atoms with Crippen molar-refractivity contribution in [3.05, 3.63) is 60.1 Å². The molecule has 0 saturated heterocycles. The molecule has 0 aliphatic carbocycles. The van der Waals surface area contributed by atoms with Gasteiger partial charge < -0.3 is 9.47 Å². The first-order valence-electron chi connectivity index (χ1n) is 8.70. The minimum Gasteiger partial charge on any atom is -0.490 e. The minimum atomic E-state index is -0.237. The molecule has 0 fully saturated rings. The summed E-state index contributed by atoms with van der Waals surface area (Å²) in [6.07, 6.45) is 6.88. The summed E-state index contributed by atoms with van der Waals surface area (Å²) >= 11 is 5.54. The normalized spacial score (nSPS) is 11.0. The van der Waals surface area contributed by atoms with Gasteiger partial charge in [-0.05, 0) is 72.3 Å². The highest BCUT2D eigenvalue weighted by atomic mass is 127. The van der Waals surface area contributed by atoms with E-state index in [1.54, 1.807) is 31.3 Å². The minimum absolute atomic E-state index is 0.149. The number of aryl methyl sites for hydroxylation is 1. The van der Waals surface area contributed by atoms with E-state index in [0.717, 1.165) is 13.6 Å². The third-order valence-electron chi connectivity index (χ3n) is 3.92. The predicted molar refractivity (Wildman–Crippen MR) is 126 cm³/mol. The molecule has 6 nitrogen and oxygen atoms in total. The van der Waals surface area contributed by atoms with Crippen LogP contribution in [-0.4, -0.2) is 29.1 Å². The van der Waals surface area contributed by atoms with Crippen molar-refractivity contribution >= 4 is 55.6 Å². The molecule has 0 radical (unpaired) electrons. The van der Waals surface area contributed by atoms with Crippen molar-refractivity contribution in [2.75, 3.05) is 13.2 Å². The van der Waals surface area contributed by atoms with Crippen LogP contribution >= 0.6 is 38.5 Å². The maximum atomic E-state index is 12.9. The monoisotopic (exact) mass is 565 g/mol. The summed E-state index contributed by atoms with van der Waals surface area (Å²) in [4.78, 5) is 17.3. The van der Waals surface area contributed by atoms with Gasteiger partial charge in [0.25, 0.3) is 5.56 Å². The van der Waals surface area contributed by atoms with E-state index in [1.165, 1.54) is 4.68 Å². The van der Waals surface area contributed by atoms with Crippen LogP contribution in [0.4, 0.5) is 0 Å². The first-order chi connectivity index (χ1) is 13.9. The van der Waals surface area contributed by atoms with Gasteiger partial charge in [0, 0.05) is 4.47 Å². The molecule has 0 aliphatic heterocycles. The second-order valence-electron chi connectivity index (χ2n) is 5.94. The van der Waals surface area contributed by atoms with Crippen LogP contribution in [0, 0.1) is 22.8 Å². The molecule has 0 unspecified atom stereocenters. The number of benzene rings is 2. The lowest BCUT2D eigenvalue weighted by Crippen LogP contribution is -2.20. The highest BCUT2D eigenvalue weighted by Crippen LogP contribution is 2.33. The zero-order chi connectivity index (χ0) is 21.0. The van der Waals surface area contributed by atoms with Crippen LogP contribution in [0.15, 0.2) is 44.7 Å². The van der Waals surface area contributed by atoms with Crippen molar-refractivity contribution in [2.24, 2.45) is 5.10 Å². The smallest absolute Gasteiger partial charge is 0.282 e. The molecule has 1 aromatic heterocycles. The Labute approximate surface area is 190 Å². The summed E-state index contributed by atoms with van der Waals surface area (Å²) in [5.74, 6) is 4.11. The average Bonchev–Trinajstić information content (AvgIpc) is 2.68. The van der Waals surface area contributed by atoms with E-state index in [-0.39, 0.29) is 12.2 Å². The van der Waals surface area contributed by atoms with Gasteiger partial charge >= 0.3 is 0 Å². The number of hydrogen-bond donors (Lipinski definition) is 0. The Morgan fingerprint density at radius 2 is 2.14 bits per heavy atom. The number of nitrogens with zero attached hydrogens (tertiary/aromatic N) is 3. The molecular weight excluding hydrogens is 549 g/mol. The van der Waals surface area contributed by atoms with Crippen LogP contribution in [0.1, 0.15) is 18.3 Å². The van der Waals surface area contributed by atoms with E-state index < -0.39 is 0 Å².